The molecule has 0 aromatic rings. The Hall–Kier alpha value is -1.22. The lowest BCUT2D eigenvalue weighted by molar-refractivity contribution is -0.133. The van der Waals surface area contributed by atoms with Crippen molar-refractivity contribution in [1.82, 2.24) is 4.90 Å². The summed E-state index contributed by atoms with van der Waals surface area (Å²) in [5.74, 6) is 0.664. The van der Waals surface area contributed by atoms with E-state index >= 15 is 0 Å². The molecule has 1 saturated heterocycles. The second-order valence-corrected chi connectivity index (χ2v) is 4.16. The number of nitrogens with zero attached hydrogens (tertiary/aromatic N) is 4. The van der Waals surface area contributed by atoms with Crippen LogP contribution < -0.4 is 0 Å². The van der Waals surface area contributed by atoms with Gasteiger partial charge in [0.1, 0.15) is 6.54 Å². The highest BCUT2D eigenvalue weighted by molar-refractivity contribution is 5.79. The smallest absolute Gasteiger partial charge is 0.228 e. The van der Waals surface area contributed by atoms with Gasteiger partial charge in [0.05, 0.1) is 0 Å². The number of hydrogen-bond acceptors (Lipinski definition) is 2. The number of piperidine rings is 1. The molecule has 0 spiro atoms. The van der Waals surface area contributed by atoms with Gasteiger partial charge in [-0.2, -0.15) is 0 Å². The number of carbonyl (C=O) groups is 1. The SMILES string of the molecule is CC1C2CCC(C2)N1C(=O)CN=[N+]=[N-]. The molecule has 0 aromatic carbocycles. The van der Waals surface area contributed by atoms with Crippen LogP contribution >= 0.6 is 0 Å². The van der Waals surface area contributed by atoms with E-state index in [9.17, 15) is 4.79 Å². The van der Waals surface area contributed by atoms with Crippen LogP contribution in [0.3, 0.4) is 0 Å². The van der Waals surface area contributed by atoms with Gasteiger partial charge in [0.25, 0.3) is 0 Å². The van der Waals surface area contributed by atoms with Crippen LogP contribution in [0.15, 0.2) is 5.11 Å². The first-order valence-electron chi connectivity index (χ1n) is 5.06. The number of rotatable bonds is 2. The summed E-state index contributed by atoms with van der Waals surface area (Å²) in [5.41, 5.74) is 8.14. The number of amides is 1. The quantitative estimate of drug-likeness (QED) is 0.374. The average molecular weight is 194 g/mol. The number of hydrogen-bond donors (Lipinski definition) is 0. The Morgan fingerprint density at radius 1 is 1.64 bits per heavy atom. The summed E-state index contributed by atoms with van der Waals surface area (Å²) in [6.45, 7) is 2.07. The molecule has 1 aliphatic heterocycles. The van der Waals surface area contributed by atoms with Crippen molar-refractivity contribution in [3.63, 3.8) is 0 Å². The fourth-order valence-corrected chi connectivity index (χ4v) is 2.85. The first-order chi connectivity index (χ1) is 6.74. The summed E-state index contributed by atoms with van der Waals surface area (Å²) < 4.78 is 0. The van der Waals surface area contributed by atoms with E-state index in [1.165, 1.54) is 6.42 Å². The average Bonchev–Trinajstić information content (AvgIpc) is 2.74. The number of likely N-dealkylation sites (tertiary alicyclic amines) is 1. The fourth-order valence-electron chi connectivity index (χ4n) is 2.85. The summed E-state index contributed by atoms with van der Waals surface area (Å²) in [6.07, 6.45) is 3.51. The normalized spacial score (nSPS) is 34.4. The van der Waals surface area contributed by atoms with Gasteiger partial charge in [-0.3, -0.25) is 4.79 Å². The van der Waals surface area contributed by atoms with Gasteiger partial charge in [-0.15, -0.1) is 0 Å². The zero-order valence-electron chi connectivity index (χ0n) is 8.26. The van der Waals surface area contributed by atoms with Crippen LogP contribution in [0, 0.1) is 5.92 Å². The van der Waals surface area contributed by atoms with Crippen molar-refractivity contribution in [2.45, 2.75) is 38.3 Å². The van der Waals surface area contributed by atoms with Crippen LogP contribution in [0.2, 0.25) is 0 Å². The van der Waals surface area contributed by atoms with Crippen molar-refractivity contribution in [3.8, 4) is 0 Å². The molecule has 3 unspecified atom stereocenters. The highest BCUT2D eigenvalue weighted by Crippen LogP contribution is 2.42. The van der Waals surface area contributed by atoms with Crippen molar-refractivity contribution in [2.24, 2.45) is 11.0 Å². The van der Waals surface area contributed by atoms with Gasteiger partial charge in [-0.05, 0) is 37.6 Å². The molecular weight excluding hydrogens is 180 g/mol. The van der Waals surface area contributed by atoms with Gasteiger partial charge in [0, 0.05) is 17.0 Å². The summed E-state index contributed by atoms with van der Waals surface area (Å²) >= 11 is 0. The number of azide groups is 1. The molecule has 1 heterocycles. The second-order valence-electron chi connectivity index (χ2n) is 4.16. The largest absolute Gasteiger partial charge is 0.337 e. The predicted octanol–water partition coefficient (Wildman–Crippen LogP) is 1.70. The third-order valence-corrected chi connectivity index (χ3v) is 3.52. The van der Waals surface area contributed by atoms with E-state index in [0.717, 1.165) is 12.8 Å². The lowest BCUT2D eigenvalue weighted by Gasteiger charge is -2.32. The van der Waals surface area contributed by atoms with Gasteiger partial charge < -0.3 is 4.90 Å². The monoisotopic (exact) mass is 194 g/mol. The Labute approximate surface area is 82.7 Å². The zero-order chi connectivity index (χ0) is 10.1. The van der Waals surface area contributed by atoms with Gasteiger partial charge in [0.15, 0.2) is 0 Å². The molecule has 1 aliphatic carbocycles. The fraction of sp³-hybridized carbons (Fsp3) is 0.889. The Morgan fingerprint density at radius 2 is 2.43 bits per heavy atom. The number of carbonyl (C=O) groups excluding carboxylic acids is 1. The van der Waals surface area contributed by atoms with Gasteiger partial charge in [-0.1, -0.05) is 5.11 Å². The predicted molar refractivity (Wildman–Crippen MR) is 51.5 cm³/mol. The zero-order valence-corrected chi connectivity index (χ0v) is 8.26. The molecule has 2 rings (SSSR count). The second kappa shape index (κ2) is 3.50. The van der Waals surface area contributed by atoms with E-state index in [1.807, 2.05) is 4.90 Å². The minimum absolute atomic E-state index is 0.0116. The maximum Gasteiger partial charge on any atom is 0.228 e. The molecule has 1 amide bonds. The molecule has 2 aliphatic rings. The molecule has 1 saturated carbocycles. The molecule has 2 fully saturated rings. The Kier molecular flexibility index (Phi) is 2.33. The summed E-state index contributed by atoms with van der Waals surface area (Å²) in [7, 11) is 0. The van der Waals surface area contributed by atoms with Crippen LogP contribution in [0.25, 0.3) is 10.4 Å². The highest BCUT2D eigenvalue weighted by Gasteiger charge is 2.45. The molecule has 0 radical (unpaired) electrons. The van der Waals surface area contributed by atoms with Crippen molar-refractivity contribution < 1.29 is 4.79 Å². The molecule has 2 bridgehead atoms. The van der Waals surface area contributed by atoms with Crippen LogP contribution in [0.5, 0.6) is 0 Å². The van der Waals surface area contributed by atoms with Crippen molar-refractivity contribution in [1.29, 1.82) is 0 Å². The number of fused-ring (bicyclic) bond motifs is 2. The maximum atomic E-state index is 11.7. The van der Waals surface area contributed by atoms with E-state index in [-0.39, 0.29) is 12.5 Å². The van der Waals surface area contributed by atoms with Crippen LogP contribution in [-0.4, -0.2) is 29.4 Å². The lowest BCUT2D eigenvalue weighted by Crippen LogP contribution is -2.44. The van der Waals surface area contributed by atoms with E-state index in [0.29, 0.717) is 18.0 Å². The first kappa shape index (κ1) is 9.34. The van der Waals surface area contributed by atoms with Gasteiger partial charge in [0.2, 0.25) is 5.91 Å². The third kappa shape index (κ3) is 1.34. The van der Waals surface area contributed by atoms with Crippen molar-refractivity contribution >= 4 is 5.91 Å². The van der Waals surface area contributed by atoms with E-state index < -0.39 is 0 Å². The molecule has 0 N–H and O–H groups in total. The van der Waals surface area contributed by atoms with Gasteiger partial charge in [-0.25, -0.2) is 0 Å². The Balaban J connectivity index is 2.04. The van der Waals surface area contributed by atoms with Crippen LogP contribution in [0.1, 0.15) is 26.2 Å². The van der Waals surface area contributed by atoms with Crippen LogP contribution in [-0.2, 0) is 4.79 Å². The topological polar surface area (TPSA) is 69.1 Å². The third-order valence-electron chi connectivity index (χ3n) is 3.52. The van der Waals surface area contributed by atoms with Gasteiger partial charge >= 0.3 is 0 Å². The summed E-state index contributed by atoms with van der Waals surface area (Å²) in [4.78, 5) is 16.2. The molecule has 5 heteroatoms. The Morgan fingerprint density at radius 3 is 3.00 bits per heavy atom. The van der Waals surface area contributed by atoms with E-state index in [4.69, 9.17) is 5.53 Å². The van der Waals surface area contributed by atoms with Crippen molar-refractivity contribution in [2.75, 3.05) is 6.54 Å². The minimum atomic E-state index is -0.0238. The molecule has 76 valence electrons. The lowest BCUT2D eigenvalue weighted by atomic mass is 10.0. The molecule has 0 aromatic heterocycles. The minimum Gasteiger partial charge on any atom is -0.337 e. The summed E-state index contributed by atoms with van der Waals surface area (Å²) in [5, 5.41) is 3.32. The van der Waals surface area contributed by atoms with E-state index in [2.05, 4.69) is 16.9 Å². The molecular formula is C9H14N4O. The summed E-state index contributed by atoms with van der Waals surface area (Å²) in [6, 6.07) is 0.756. The highest BCUT2D eigenvalue weighted by atomic mass is 16.2. The standard InChI is InChI=1S/C9H14N4O/c1-6-7-2-3-8(4-7)13(6)9(14)5-11-12-10/h6-8H,2-5H2,1H3. The van der Waals surface area contributed by atoms with E-state index in [1.54, 1.807) is 0 Å². The Bertz CT molecular complexity index is 295. The molecule has 5 nitrogen and oxygen atoms in total. The maximum absolute atomic E-state index is 11.7. The first-order valence-corrected chi connectivity index (χ1v) is 5.06. The molecule has 3 atom stereocenters. The van der Waals surface area contributed by atoms with Crippen molar-refractivity contribution in [3.05, 3.63) is 10.4 Å². The molecule has 14 heavy (non-hydrogen) atoms. The van der Waals surface area contributed by atoms with Crippen LogP contribution in [0.4, 0.5) is 0 Å².